The Labute approximate surface area is 94.4 Å². The molecule has 1 aliphatic carbocycles. The Morgan fingerprint density at radius 1 is 1.56 bits per heavy atom. The van der Waals surface area contributed by atoms with E-state index in [2.05, 4.69) is 5.73 Å². The Balaban J connectivity index is 1.72. The lowest BCUT2D eigenvalue weighted by atomic mass is 10.2. The summed E-state index contributed by atoms with van der Waals surface area (Å²) in [6.45, 7) is 2.36. The Bertz CT molecular complexity index is 374. The number of nitrogens with two attached hydrogens (primary N) is 1. The van der Waals surface area contributed by atoms with Gasteiger partial charge in [0.05, 0.1) is 0 Å². The van der Waals surface area contributed by atoms with Crippen LogP contribution in [0, 0.1) is 0 Å². The molecule has 0 spiro atoms. The van der Waals surface area contributed by atoms with Gasteiger partial charge < -0.3 is 10.5 Å². The van der Waals surface area contributed by atoms with Crippen molar-refractivity contribution < 1.29 is 9.13 Å². The van der Waals surface area contributed by atoms with Crippen LogP contribution < -0.4 is 5.73 Å². The van der Waals surface area contributed by atoms with E-state index >= 15 is 0 Å². The van der Waals surface area contributed by atoms with Crippen molar-refractivity contribution in [1.82, 2.24) is 4.90 Å². The highest BCUT2D eigenvalue weighted by Crippen LogP contribution is 2.11. The monoisotopic (exact) mass is 222 g/mol. The number of ether oxygens (including phenoxy) is 1. The molecule has 4 heteroatoms. The minimum atomic E-state index is -0.653. The quantitative estimate of drug-likeness (QED) is 0.724. The maximum Gasteiger partial charge on any atom is 0.125 e. The van der Waals surface area contributed by atoms with Crippen molar-refractivity contribution in [1.29, 1.82) is 0 Å². The number of halogens is 1. The average molecular weight is 222 g/mol. The summed E-state index contributed by atoms with van der Waals surface area (Å²) in [5.41, 5.74) is 9.17. The molecule has 0 saturated carbocycles. The van der Waals surface area contributed by atoms with Crippen LogP contribution in [0.5, 0.6) is 0 Å². The Hall–Kier alpha value is -1.51. The largest absolute Gasteiger partial charge is 0.492 e. The fraction of sp³-hybridized carbons (Fsp3) is 0.417. The average Bonchev–Trinajstić information content (AvgIpc) is 2.40. The third kappa shape index (κ3) is 2.99. The second kappa shape index (κ2) is 5.01. The molecule has 0 aromatic rings. The molecule has 1 aliphatic heterocycles. The second-order valence-electron chi connectivity index (χ2n) is 3.90. The molecule has 2 aliphatic rings. The highest BCUT2D eigenvalue weighted by molar-refractivity contribution is 5.30. The number of alkyl halides is 1. The molecule has 1 heterocycles. The maximum atomic E-state index is 12.5. The summed E-state index contributed by atoms with van der Waals surface area (Å²) in [5, 5.41) is 0. The Kier molecular flexibility index (Phi) is 3.44. The van der Waals surface area contributed by atoms with E-state index in [1.54, 1.807) is 18.2 Å². The second-order valence-corrected chi connectivity index (χ2v) is 3.90. The van der Waals surface area contributed by atoms with Crippen molar-refractivity contribution in [2.24, 2.45) is 5.73 Å². The molecule has 1 fully saturated rings. The number of hydrogen-bond acceptors (Lipinski definition) is 3. The van der Waals surface area contributed by atoms with Crippen LogP contribution >= 0.6 is 0 Å². The minimum absolute atomic E-state index is 0.530. The molecule has 0 atom stereocenters. The van der Waals surface area contributed by atoms with Crippen LogP contribution in [-0.4, -0.2) is 37.3 Å². The molecule has 1 saturated heterocycles. The molecule has 16 heavy (non-hydrogen) atoms. The van der Waals surface area contributed by atoms with E-state index in [1.807, 2.05) is 11.0 Å². The molecule has 2 N–H and O–H groups in total. The van der Waals surface area contributed by atoms with Gasteiger partial charge in [-0.15, -0.1) is 5.73 Å². The fourth-order valence-electron chi connectivity index (χ4n) is 1.60. The van der Waals surface area contributed by atoms with Crippen LogP contribution in [0.4, 0.5) is 4.39 Å². The van der Waals surface area contributed by atoms with E-state index in [0.29, 0.717) is 25.4 Å². The summed E-state index contributed by atoms with van der Waals surface area (Å²) in [6.07, 6.45) is 6.36. The van der Waals surface area contributed by atoms with Gasteiger partial charge in [-0.1, -0.05) is 0 Å². The third-order valence-corrected chi connectivity index (χ3v) is 2.49. The Morgan fingerprint density at radius 3 is 3.12 bits per heavy atom. The lowest BCUT2D eigenvalue weighted by Gasteiger charge is -2.33. The SMILES string of the molecule is NC1=CC(OCCN2CC(F)C2)=CC=C=C1. The predicted molar refractivity (Wildman–Crippen MR) is 60.3 cm³/mol. The molecule has 3 nitrogen and oxygen atoms in total. The van der Waals surface area contributed by atoms with Crippen molar-refractivity contribution in [2.45, 2.75) is 6.17 Å². The molecule has 2 rings (SSSR count). The molecular weight excluding hydrogens is 207 g/mol. The Morgan fingerprint density at radius 2 is 2.38 bits per heavy atom. The van der Waals surface area contributed by atoms with E-state index in [-0.39, 0.29) is 0 Å². The highest BCUT2D eigenvalue weighted by Gasteiger charge is 2.25. The van der Waals surface area contributed by atoms with E-state index < -0.39 is 6.17 Å². The molecular formula is C12H15FN2O. The molecule has 0 amide bonds. The van der Waals surface area contributed by atoms with Crippen molar-refractivity contribution in [3.8, 4) is 0 Å². The molecule has 0 bridgehead atoms. The van der Waals surface area contributed by atoms with Gasteiger partial charge in [-0.05, 0) is 12.2 Å². The number of allylic oxidation sites excluding steroid dienone is 3. The van der Waals surface area contributed by atoms with Gasteiger partial charge in [0.25, 0.3) is 0 Å². The van der Waals surface area contributed by atoms with Crippen LogP contribution in [0.2, 0.25) is 0 Å². The first-order valence-corrected chi connectivity index (χ1v) is 5.33. The van der Waals surface area contributed by atoms with E-state index in [0.717, 1.165) is 12.3 Å². The minimum Gasteiger partial charge on any atom is -0.492 e. The lowest BCUT2D eigenvalue weighted by molar-refractivity contribution is 0.0454. The summed E-state index contributed by atoms with van der Waals surface area (Å²) < 4.78 is 18.0. The number of hydrogen-bond donors (Lipinski definition) is 1. The third-order valence-electron chi connectivity index (χ3n) is 2.49. The smallest absolute Gasteiger partial charge is 0.125 e. The fourth-order valence-corrected chi connectivity index (χ4v) is 1.60. The summed E-state index contributed by atoms with van der Waals surface area (Å²) in [7, 11) is 0. The number of nitrogens with zero attached hydrogens (tertiary/aromatic N) is 1. The zero-order valence-corrected chi connectivity index (χ0v) is 9.03. The molecule has 0 aromatic heterocycles. The van der Waals surface area contributed by atoms with Crippen LogP contribution in [0.3, 0.4) is 0 Å². The number of rotatable bonds is 4. The molecule has 0 unspecified atom stereocenters. The molecule has 0 radical (unpaired) electrons. The van der Waals surface area contributed by atoms with Crippen LogP contribution in [0.15, 0.2) is 41.5 Å². The first kappa shape index (κ1) is 11.0. The van der Waals surface area contributed by atoms with Gasteiger partial charge in [0, 0.05) is 37.5 Å². The van der Waals surface area contributed by atoms with Gasteiger partial charge in [-0.25, -0.2) is 4.39 Å². The van der Waals surface area contributed by atoms with Crippen LogP contribution in [0.1, 0.15) is 0 Å². The summed E-state index contributed by atoms with van der Waals surface area (Å²) in [4.78, 5) is 2.02. The maximum absolute atomic E-state index is 12.5. The number of likely N-dealkylation sites (tertiary alicyclic amines) is 1. The summed E-state index contributed by atoms with van der Waals surface area (Å²) >= 11 is 0. The van der Waals surface area contributed by atoms with Gasteiger partial charge in [-0.2, -0.15) is 0 Å². The van der Waals surface area contributed by atoms with Crippen molar-refractivity contribution in [3.05, 3.63) is 41.5 Å². The molecule has 86 valence electrons. The topological polar surface area (TPSA) is 38.5 Å². The van der Waals surface area contributed by atoms with Crippen molar-refractivity contribution in [3.63, 3.8) is 0 Å². The standard InChI is InChI=1S/C12H15FN2O/c13-10-8-15(9-10)5-6-16-12-4-2-1-3-11(14)7-12/h2-4,7,10H,5-6,8-9,14H2. The van der Waals surface area contributed by atoms with Gasteiger partial charge in [0.1, 0.15) is 18.5 Å². The zero-order valence-electron chi connectivity index (χ0n) is 9.03. The van der Waals surface area contributed by atoms with Crippen molar-refractivity contribution in [2.75, 3.05) is 26.2 Å². The van der Waals surface area contributed by atoms with Gasteiger partial charge in [0.15, 0.2) is 0 Å². The molecule has 0 aromatic carbocycles. The first-order valence-electron chi connectivity index (χ1n) is 5.33. The van der Waals surface area contributed by atoms with Crippen LogP contribution in [-0.2, 0) is 4.74 Å². The first-order chi connectivity index (χ1) is 7.74. The van der Waals surface area contributed by atoms with Gasteiger partial charge in [-0.3, -0.25) is 4.90 Å². The predicted octanol–water partition coefficient (Wildman–Crippen LogP) is 1.11. The summed E-state index contributed by atoms with van der Waals surface area (Å²) in [6, 6.07) is 0. The lowest BCUT2D eigenvalue weighted by Crippen LogP contribution is -2.49. The van der Waals surface area contributed by atoms with Crippen LogP contribution in [0.25, 0.3) is 0 Å². The summed E-state index contributed by atoms with van der Waals surface area (Å²) in [5.74, 6) is 0.719. The highest BCUT2D eigenvalue weighted by atomic mass is 19.1. The van der Waals surface area contributed by atoms with E-state index in [4.69, 9.17) is 10.5 Å². The van der Waals surface area contributed by atoms with Crippen molar-refractivity contribution >= 4 is 0 Å². The van der Waals surface area contributed by atoms with Gasteiger partial charge >= 0.3 is 0 Å². The zero-order chi connectivity index (χ0) is 11.4. The van der Waals surface area contributed by atoms with Gasteiger partial charge in [0.2, 0.25) is 0 Å². The van der Waals surface area contributed by atoms with E-state index in [1.165, 1.54) is 0 Å². The van der Waals surface area contributed by atoms with E-state index in [9.17, 15) is 4.39 Å². The normalized spacial score (nSPS) is 21.1.